The number of nitrogens with zero attached hydrogens (tertiary/aromatic N) is 3. The monoisotopic (exact) mass is 301 g/mol. The molecule has 114 valence electrons. The number of Topliss-reactive ketones (excluding diaryl/α,β-unsaturated/α-hetero) is 1. The lowest BCUT2D eigenvalue weighted by Gasteiger charge is -2.22. The number of carbonyl (C=O) groups is 1. The van der Waals surface area contributed by atoms with Crippen LogP contribution in [-0.4, -0.2) is 28.4 Å². The van der Waals surface area contributed by atoms with Crippen LogP contribution in [0, 0.1) is 17.7 Å². The third kappa shape index (κ3) is 1.86. The Morgan fingerprint density at radius 1 is 1.32 bits per heavy atom. The first-order valence-electron chi connectivity index (χ1n) is 7.42. The second kappa shape index (κ2) is 4.38. The van der Waals surface area contributed by atoms with Crippen LogP contribution in [0.5, 0.6) is 0 Å². The Kier molecular flexibility index (Phi) is 2.67. The number of ketones is 1. The van der Waals surface area contributed by atoms with Gasteiger partial charge in [0.05, 0.1) is 10.9 Å². The smallest absolute Gasteiger partial charge is 0.262 e. The molecule has 0 N–H and O–H groups in total. The number of fused-ring (bicyclic) bond motifs is 2. The molecule has 1 aromatic carbocycles. The largest absolute Gasteiger partial charge is 0.342 e. The van der Waals surface area contributed by atoms with Gasteiger partial charge in [0.1, 0.15) is 5.82 Å². The van der Waals surface area contributed by atoms with Crippen molar-refractivity contribution >= 4 is 22.6 Å². The van der Waals surface area contributed by atoms with Crippen molar-refractivity contribution in [2.24, 2.45) is 18.9 Å². The van der Waals surface area contributed by atoms with Gasteiger partial charge in [-0.05, 0) is 37.3 Å². The molecule has 1 aromatic heterocycles. The molecule has 22 heavy (non-hydrogen) atoms. The fourth-order valence-corrected chi connectivity index (χ4v) is 3.44. The molecule has 2 fully saturated rings. The molecule has 5 nitrogen and oxygen atoms in total. The number of halogens is 1. The van der Waals surface area contributed by atoms with E-state index in [2.05, 4.69) is 9.88 Å². The van der Waals surface area contributed by atoms with E-state index in [0.29, 0.717) is 23.3 Å². The zero-order valence-corrected chi connectivity index (χ0v) is 12.5. The van der Waals surface area contributed by atoms with Gasteiger partial charge in [0.15, 0.2) is 5.78 Å². The molecule has 1 saturated heterocycles. The van der Waals surface area contributed by atoms with Crippen LogP contribution in [0.25, 0.3) is 10.9 Å². The molecule has 1 aliphatic heterocycles. The maximum atomic E-state index is 13.7. The minimum Gasteiger partial charge on any atom is -0.342 e. The van der Waals surface area contributed by atoms with Crippen LogP contribution in [0.4, 0.5) is 10.3 Å². The van der Waals surface area contributed by atoms with Crippen LogP contribution in [0.3, 0.4) is 0 Å². The van der Waals surface area contributed by atoms with E-state index in [9.17, 15) is 14.0 Å². The molecule has 2 heterocycles. The molecule has 0 bridgehead atoms. The van der Waals surface area contributed by atoms with Crippen molar-refractivity contribution in [3.8, 4) is 0 Å². The quantitative estimate of drug-likeness (QED) is 0.793. The molecule has 0 unspecified atom stereocenters. The highest BCUT2D eigenvalue weighted by atomic mass is 19.1. The third-order valence-electron chi connectivity index (χ3n) is 4.76. The SMILES string of the molecule is CC(=O)c1cc(F)cc2c(=O)n(C)c(N3C[C@H]4C[C@H]4C3)nc12. The molecular formula is C16H16FN3O2. The Bertz CT molecular complexity index is 864. The van der Waals surface area contributed by atoms with Crippen molar-refractivity contribution in [1.29, 1.82) is 0 Å². The fourth-order valence-electron chi connectivity index (χ4n) is 3.44. The summed E-state index contributed by atoms with van der Waals surface area (Å²) in [5.74, 6) is 1.09. The third-order valence-corrected chi connectivity index (χ3v) is 4.76. The zero-order valence-electron chi connectivity index (χ0n) is 12.5. The van der Waals surface area contributed by atoms with Gasteiger partial charge >= 0.3 is 0 Å². The van der Waals surface area contributed by atoms with Crippen molar-refractivity contribution in [3.63, 3.8) is 0 Å². The van der Waals surface area contributed by atoms with Crippen molar-refractivity contribution in [2.45, 2.75) is 13.3 Å². The van der Waals surface area contributed by atoms with E-state index in [1.165, 1.54) is 17.9 Å². The summed E-state index contributed by atoms with van der Waals surface area (Å²) in [4.78, 5) is 30.9. The first-order chi connectivity index (χ1) is 10.5. The minimum absolute atomic E-state index is 0.154. The summed E-state index contributed by atoms with van der Waals surface area (Å²) in [6.07, 6.45) is 1.25. The van der Waals surface area contributed by atoms with Gasteiger partial charge in [-0.15, -0.1) is 0 Å². The molecule has 1 aliphatic carbocycles. The molecule has 2 aromatic rings. The summed E-state index contributed by atoms with van der Waals surface area (Å²) in [5.41, 5.74) is 0.147. The number of hydrogen-bond donors (Lipinski definition) is 0. The van der Waals surface area contributed by atoms with Gasteiger partial charge in [-0.1, -0.05) is 0 Å². The molecule has 0 radical (unpaired) electrons. The van der Waals surface area contributed by atoms with Crippen molar-refractivity contribution < 1.29 is 9.18 Å². The molecule has 0 spiro atoms. The molecular weight excluding hydrogens is 285 g/mol. The molecule has 0 amide bonds. The van der Waals surface area contributed by atoms with E-state index in [1.54, 1.807) is 7.05 Å². The van der Waals surface area contributed by atoms with E-state index in [-0.39, 0.29) is 22.3 Å². The molecule has 4 rings (SSSR count). The standard InChI is InChI=1S/C16H16FN3O2/c1-8(21)12-4-11(17)5-13-14(12)18-16(19(2)15(13)22)20-6-9-3-10(9)7-20/h4-5,9-10H,3,6-7H2,1-2H3/t9-,10+. The van der Waals surface area contributed by atoms with Gasteiger partial charge in [-0.2, -0.15) is 0 Å². The summed E-state index contributed by atoms with van der Waals surface area (Å²) in [7, 11) is 1.65. The second-order valence-corrected chi connectivity index (χ2v) is 6.34. The van der Waals surface area contributed by atoms with Gasteiger partial charge < -0.3 is 4.90 Å². The predicted molar refractivity (Wildman–Crippen MR) is 80.8 cm³/mol. The van der Waals surface area contributed by atoms with E-state index in [0.717, 1.165) is 25.2 Å². The van der Waals surface area contributed by atoms with Gasteiger partial charge in [0.25, 0.3) is 5.56 Å². The van der Waals surface area contributed by atoms with Crippen molar-refractivity contribution in [3.05, 3.63) is 33.9 Å². The van der Waals surface area contributed by atoms with E-state index in [1.807, 2.05) is 0 Å². The van der Waals surface area contributed by atoms with E-state index in [4.69, 9.17) is 0 Å². The summed E-state index contributed by atoms with van der Waals surface area (Å²) in [5, 5.41) is 0.154. The maximum Gasteiger partial charge on any atom is 0.262 e. The van der Waals surface area contributed by atoms with Crippen LogP contribution in [0.15, 0.2) is 16.9 Å². The molecule has 2 aliphatic rings. The molecule has 6 heteroatoms. The second-order valence-electron chi connectivity index (χ2n) is 6.34. The Balaban J connectivity index is 1.97. The predicted octanol–water partition coefficient (Wildman–Crippen LogP) is 1.73. The Morgan fingerprint density at radius 3 is 2.64 bits per heavy atom. The average Bonchev–Trinajstić information content (AvgIpc) is 3.08. The summed E-state index contributed by atoms with van der Waals surface area (Å²) in [6, 6.07) is 2.31. The summed E-state index contributed by atoms with van der Waals surface area (Å²) >= 11 is 0. The number of aromatic nitrogens is 2. The van der Waals surface area contributed by atoms with Crippen molar-refractivity contribution in [2.75, 3.05) is 18.0 Å². The maximum absolute atomic E-state index is 13.7. The van der Waals surface area contributed by atoms with Crippen LogP contribution in [0.1, 0.15) is 23.7 Å². The summed E-state index contributed by atoms with van der Waals surface area (Å²) in [6.45, 7) is 3.15. The number of anilines is 1. The highest BCUT2D eigenvalue weighted by molar-refractivity contribution is 6.05. The zero-order chi connectivity index (χ0) is 15.6. The average molecular weight is 301 g/mol. The Labute approximate surface area is 126 Å². The topological polar surface area (TPSA) is 55.2 Å². The first-order valence-corrected chi connectivity index (χ1v) is 7.42. The summed E-state index contributed by atoms with van der Waals surface area (Å²) < 4.78 is 15.1. The first kappa shape index (κ1) is 13.4. The molecule has 2 atom stereocenters. The highest BCUT2D eigenvalue weighted by Gasteiger charge is 2.46. The normalized spacial score (nSPS) is 23.0. The number of benzene rings is 1. The Morgan fingerprint density at radius 2 is 2.00 bits per heavy atom. The lowest BCUT2D eigenvalue weighted by molar-refractivity contribution is 0.101. The van der Waals surface area contributed by atoms with Gasteiger partial charge in [-0.25, -0.2) is 9.37 Å². The van der Waals surface area contributed by atoms with E-state index < -0.39 is 5.82 Å². The number of hydrogen-bond acceptors (Lipinski definition) is 4. The Hall–Kier alpha value is -2.24. The van der Waals surface area contributed by atoms with Gasteiger partial charge in [-0.3, -0.25) is 14.2 Å². The lowest BCUT2D eigenvalue weighted by Crippen LogP contribution is -2.31. The number of piperidine rings is 1. The number of rotatable bonds is 2. The molecule has 1 saturated carbocycles. The van der Waals surface area contributed by atoms with Gasteiger partial charge in [0.2, 0.25) is 5.95 Å². The van der Waals surface area contributed by atoms with Crippen LogP contribution >= 0.6 is 0 Å². The van der Waals surface area contributed by atoms with Crippen LogP contribution < -0.4 is 10.5 Å². The van der Waals surface area contributed by atoms with E-state index >= 15 is 0 Å². The number of carbonyl (C=O) groups excluding carboxylic acids is 1. The van der Waals surface area contributed by atoms with Crippen LogP contribution in [0.2, 0.25) is 0 Å². The lowest BCUT2D eigenvalue weighted by atomic mass is 10.1. The van der Waals surface area contributed by atoms with Crippen molar-refractivity contribution in [1.82, 2.24) is 9.55 Å². The van der Waals surface area contributed by atoms with Gasteiger partial charge in [0, 0.05) is 25.7 Å². The van der Waals surface area contributed by atoms with Crippen LogP contribution in [-0.2, 0) is 7.05 Å². The fraction of sp³-hybridized carbons (Fsp3) is 0.438. The highest BCUT2D eigenvalue weighted by Crippen LogP contribution is 2.45. The minimum atomic E-state index is -0.591.